The van der Waals surface area contributed by atoms with Crippen LogP contribution in [0.25, 0.3) is 87.6 Å². The molecule has 0 saturated heterocycles. The Bertz CT molecular complexity index is 4600. The molecule has 2 aliphatic carbocycles. The molecular weight excluding hydrogens is 993 g/mol. The first kappa shape index (κ1) is 47.4. The van der Waals surface area contributed by atoms with E-state index in [0.717, 1.165) is 11.1 Å². The van der Waals surface area contributed by atoms with Gasteiger partial charge in [0.2, 0.25) is 0 Å². The van der Waals surface area contributed by atoms with Crippen LogP contribution in [0.4, 0.5) is 34.1 Å². The Kier molecular flexibility index (Phi) is 9.35. The third-order valence-corrected chi connectivity index (χ3v) is 20.1. The first-order valence-corrected chi connectivity index (χ1v) is 29.1. The van der Waals surface area contributed by atoms with Crippen LogP contribution < -0.4 is 9.80 Å². The number of nitrogens with zero attached hydrogens (tertiary/aromatic N) is 4. The van der Waals surface area contributed by atoms with Gasteiger partial charge in [0.05, 0.1) is 34.1 Å². The van der Waals surface area contributed by atoms with Gasteiger partial charge in [-0.25, -0.2) is 0 Å². The average molecular weight is 1050 g/mol. The van der Waals surface area contributed by atoms with Gasteiger partial charge in [-0.2, -0.15) is 0 Å². The largest absolute Gasteiger partial charge is 0.309 e. The summed E-state index contributed by atoms with van der Waals surface area (Å²) in [5, 5.41) is 10.1. The predicted octanol–water partition coefficient (Wildman–Crippen LogP) is 20.7. The first-order valence-electron chi connectivity index (χ1n) is 29.1. The topological polar surface area (TPSA) is 32.3 Å². The molecule has 4 heteroatoms. The fourth-order valence-corrected chi connectivity index (χ4v) is 15.9. The maximum absolute atomic E-state index is 4.55. The lowest BCUT2D eigenvalue weighted by atomic mass is 9.71. The molecule has 11 aromatic carbocycles. The molecule has 0 unspecified atom stereocenters. The zero-order valence-electron chi connectivity index (χ0n) is 47.6. The molecule has 0 radical (unpaired) electrons. The van der Waals surface area contributed by atoms with Gasteiger partial charge in [-0.3, -0.25) is 9.97 Å². The molecule has 0 spiro atoms. The quantitative estimate of drug-likeness (QED) is 0.130. The fraction of sp³-hybridized carbons (Fsp3) is 0.154. The number of fused-ring (bicyclic) bond motifs is 12. The van der Waals surface area contributed by atoms with Crippen molar-refractivity contribution in [3.63, 3.8) is 0 Å². The minimum atomic E-state index is -0.317. The summed E-state index contributed by atoms with van der Waals surface area (Å²) >= 11 is 0. The minimum absolute atomic E-state index is 0.164. The molecule has 0 amide bonds. The monoisotopic (exact) mass is 1050 g/mol. The van der Waals surface area contributed by atoms with Gasteiger partial charge in [0.25, 0.3) is 0 Å². The Morgan fingerprint density at radius 3 is 1.06 bits per heavy atom. The molecular formula is C78H60N4. The predicted molar refractivity (Wildman–Crippen MR) is 343 cm³/mol. The van der Waals surface area contributed by atoms with E-state index in [4.69, 9.17) is 0 Å². The molecule has 392 valence electrons. The van der Waals surface area contributed by atoms with E-state index in [-0.39, 0.29) is 21.7 Å². The summed E-state index contributed by atoms with van der Waals surface area (Å²) in [4.78, 5) is 14.3. The Morgan fingerprint density at radius 1 is 0.256 bits per heavy atom. The van der Waals surface area contributed by atoms with Crippen LogP contribution in [0.5, 0.6) is 0 Å². The molecule has 0 bridgehead atoms. The highest BCUT2D eigenvalue weighted by molar-refractivity contribution is 6.35. The normalized spacial score (nSPS) is 16.1. The maximum atomic E-state index is 4.55. The van der Waals surface area contributed by atoms with Gasteiger partial charge in [0, 0.05) is 57.2 Å². The van der Waals surface area contributed by atoms with E-state index in [1.54, 1.807) is 0 Å². The van der Waals surface area contributed by atoms with Gasteiger partial charge in [-0.1, -0.05) is 177 Å². The molecule has 0 N–H and O–H groups in total. The highest BCUT2D eigenvalue weighted by Crippen LogP contribution is 2.62. The standard InChI is InChI=1S/C78H60N4/c1-75(2)59-25-11-9-19-49(59)57-39-65-71(41-61(57)75)81(69-31-27-45(37-63(69)77(65,5)6)47-17-15-35-79-43-47)67-33-29-53-52-22-14-24-56-68(34-30-54(74(52)56)51-21-13-23-55(67)73(51)53)82-70-32-28-46(48-18-16-36-80-44-48)38-64(70)78(7,8)66-40-58-50-20-10-12-26-60(50)76(3,4)62(58)42-72(66)82/h9-44H,1-8H3. The lowest BCUT2D eigenvalue weighted by Crippen LogP contribution is -2.31. The second-order valence-corrected chi connectivity index (χ2v) is 25.8. The van der Waals surface area contributed by atoms with Gasteiger partial charge in [-0.05, 0) is 194 Å². The summed E-state index contributed by atoms with van der Waals surface area (Å²) < 4.78 is 0. The van der Waals surface area contributed by atoms with Gasteiger partial charge in [0.15, 0.2) is 0 Å². The van der Waals surface area contributed by atoms with Crippen molar-refractivity contribution in [3.8, 4) is 44.5 Å². The van der Waals surface area contributed by atoms with Crippen LogP contribution >= 0.6 is 0 Å². The number of hydrogen-bond donors (Lipinski definition) is 0. The number of anilines is 6. The molecule has 0 saturated carbocycles. The summed E-state index contributed by atoms with van der Waals surface area (Å²) in [5.74, 6) is 0. The Balaban J connectivity index is 0.899. The summed E-state index contributed by atoms with van der Waals surface area (Å²) in [6, 6.07) is 74.6. The fourth-order valence-electron chi connectivity index (χ4n) is 15.9. The second kappa shape index (κ2) is 16.2. The van der Waals surface area contributed by atoms with Crippen molar-refractivity contribution in [2.45, 2.75) is 77.0 Å². The molecule has 17 rings (SSSR count). The van der Waals surface area contributed by atoms with Crippen molar-refractivity contribution in [2.75, 3.05) is 9.80 Å². The van der Waals surface area contributed by atoms with Gasteiger partial charge in [-0.15, -0.1) is 0 Å². The zero-order valence-corrected chi connectivity index (χ0v) is 47.6. The molecule has 4 heterocycles. The molecule has 4 aliphatic rings. The minimum Gasteiger partial charge on any atom is -0.309 e. The number of pyridine rings is 2. The van der Waals surface area contributed by atoms with E-state index in [9.17, 15) is 0 Å². The van der Waals surface area contributed by atoms with Crippen LogP contribution in [0.2, 0.25) is 0 Å². The SMILES string of the molecule is CC1(C)c2ccccc2-c2cc3c(cc21)N(c1ccc2c4cccc5c(N6c7ccc(-c8cccnc8)cc7C(C)(C)c7cc8c(cc76)C(C)(C)c6ccccc6-8)ccc(c6cccc1c62)c54)c1ccc(-c2cccnc2)cc1C3(C)C. The van der Waals surface area contributed by atoms with Crippen LogP contribution in [0.1, 0.15) is 99.9 Å². The molecule has 82 heavy (non-hydrogen) atoms. The highest BCUT2D eigenvalue weighted by Gasteiger charge is 2.45. The number of aromatic nitrogens is 2. The average Bonchev–Trinajstić information content (AvgIpc) is 2.06. The van der Waals surface area contributed by atoms with E-state index in [0.29, 0.717) is 0 Å². The van der Waals surface area contributed by atoms with Crippen molar-refractivity contribution in [2.24, 2.45) is 0 Å². The van der Waals surface area contributed by atoms with Crippen LogP contribution in [0.3, 0.4) is 0 Å². The first-order chi connectivity index (χ1) is 39.7. The van der Waals surface area contributed by atoms with Crippen molar-refractivity contribution >= 4 is 77.2 Å². The third-order valence-electron chi connectivity index (χ3n) is 20.1. The van der Waals surface area contributed by atoms with Crippen LogP contribution in [0.15, 0.2) is 219 Å². The van der Waals surface area contributed by atoms with Gasteiger partial charge >= 0.3 is 0 Å². The van der Waals surface area contributed by atoms with E-state index < -0.39 is 0 Å². The maximum Gasteiger partial charge on any atom is 0.0540 e. The van der Waals surface area contributed by atoms with Crippen molar-refractivity contribution in [1.29, 1.82) is 0 Å². The third kappa shape index (κ3) is 6.11. The lowest BCUT2D eigenvalue weighted by molar-refractivity contribution is 0.627. The van der Waals surface area contributed by atoms with E-state index >= 15 is 0 Å². The molecule has 4 nitrogen and oxygen atoms in total. The summed E-state index contributed by atoms with van der Waals surface area (Å²) in [7, 11) is 0. The number of rotatable bonds is 4. The van der Waals surface area contributed by atoms with E-state index in [1.807, 2.05) is 36.9 Å². The Morgan fingerprint density at radius 2 is 0.634 bits per heavy atom. The lowest BCUT2D eigenvalue weighted by Gasteiger charge is -2.43. The van der Waals surface area contributed by atoms with Crippen LogP contribution in [-0.2, 0) is 21.7 Å². The van der Waals surface area contributed by atoms with Gasteiger partial charge < -0.3 is 9.80 Å². The summed E-state index contributed by atoms with van der Waals surface area (Å²) in [6.07, 6.45) is 7.69. The van der Waals surface area contributed by atoms with Gasteiger partial charge in [0.1, 0.15) is 0 Å². The highest BCUT2D eigenvalue weighted by atomic mass is 15.2. The van der Waals surface area contributed by atoms with E-state index in [1.165, 1.54) is 155 Å². The zero-order chi connectivity index (χ0) is 55.3. The molecule has 0 fully saturated rings. The number of benzene rings is 11. The number of hydrogen-bond acceptors (Lipinski definition) is 4. The Labute approximate surface area is 479 Å². The molecule has 13 aromatic rings. The molecule has 2 aromatic heterocycles. The van der Waals surface area contributed by atoms with Crippen molar-refractivity contribution in [1.82, 2.24) is 9.97 Å². The Hall–Kier alpha value is -9.38. The van der Waals surface area contributed by atoms with E-state index in [2.05, 4.69) is 257 Å². The summed E-state index contributed by atoms with van der Waals surface area (Å²) in [5.41, 5.74) is 27.0. The van der Waals surface area contributed by atoms with Crippen LogP contribution in [-0.4, -0.2) is 9.97 Å². The second-order valence-electron chi connectivity index (χ2n) is 25.8. The van der Waals surface area contributed by atoms with Crippen molar-refractivity contribution in [3.05, 3.63) is 263 Å². The van der Waals surface area contributed by atoms with Crippen LogP contribution in [0, 0.1) is 0 Å². The molecule has 0 atom stereocenters. The smallest absolute Gasteiger partial charge is 0.0540 e. The summed E-state index contributed by atoms with van der Waals surface area (Å²) in [6.45, 7) is 19.3. The van der Waals surface area contributed by atoms with Crippen molar-refractivity contribution < 1.29 is 0 Å². The molecule has 2 aliphatic heterocycles.